The minimum Gasteiger partial charge on any atom is -0.441 e. The molecule has 0 fully saturated rings. The number of fused-ring (bicyclic) bond motifs is 1. The molecule has 0 atom stereocenters. The van der Waals surface area contributed by atoms with Gasteiger partial charge in [-0.3, -0.25) is 0 Å². The number of halogens is 1. The fourth-order valence-corrected chi connectivity index (χ4v) is 3.86. The number of rotatable bonds is 5. The molecule has 0 unspecified atom stereocenters. The largest absolute Gasteiger partial charge is 0.441 e. The van der Waals surface area contributed by atoms with Gasteiger partial charge in [0, 0.05) is 17.5 Å². The second kappa shape index (κ2) is 8.26. The smallest absolute Gasteiger partial charge is 0.199 e. The first-order valence-electron chi connectivity index (χ1n) is 10.4. The highest BCUT2D eigenvalue weighted by Gasteiger charge is 2.24. The van der Waals surface area contributed by atoms with Crippen LogP contribution in [0.5, 0.6) is 0 Å². The first-order valence-corrected chi connectivity index (χ1v) is 10.4. The van der Waals surface area contributed by atoms with Crippen molar-refractivity contribution >= 4 is 17.5 Å². The third kappa shape index (κ3) is 3.47. The standard InChI is InChI=1S/C25H18FN7O/c1-3-16-7-5-9-19(26)18(16)11-20-30-25-24(28)31-21(17-8-4-6-15(10-17)12-27)22(33(25)32-20)23-14(2)29-13-34-23/h3-10,13H,1,11H2,2H3,(H2,28,31). The number of anilines is 1. The van der Waals surface area contributed by atoms with Gasteiger partial charge in [-0.2, -0.15) is 10.4 Å². The van der Waals surface area contributed by atoms with E-state index < -0.39 is 0 Å². The summed E-state index contributed by atoms with van der Waals surface area (Å²) in [7, 11) is 0. The summed E-state index contributed by atoms with van der Waals surface area (Å²) in [6.45, 7) is 5.56. The summed E-state index contributed by atoms with van der Waals surface area (Å²) in [5.41, 5.74) is 10.3. The molecule has 5 aromatic rings. The number of aromatic nitrogens is 5. The van der Waals surface area contributed by atoms with Gasteiger partial charge in [-0.15, -0.1) is 0 Å². The van der Waals surface area contributed by atoms with Gasteiger partial charge in [-0.25, -0.2) is 23.9 Å². The van der Waals surface area contributed by atoms with Crippen molar-refractivity contribution in [2.24, 2.45) is 0 Å². The van der Waals surface area contributed by atoms with Crippen molar-refractivity contribution in [2.45, 2.75) is 13.3 Å². The predicted molar refractivity (Wildman–Crippen MR) is 125 cm³/mol. The summed E-state index contributed by atoms with van der Waals surface area (Å²) in [5.74, 6) is 0.546. The van der Waals surface area contributed by atoms with E-state index in [0.29, 0.717) is 56.6 Å². The lowest BCUT2D eigenvalue weighted by Crippen LogP contribution is -2.05. The molecule has 3 aromatic heterocycles. The highest BCUT2D eigenvalue weighted by atomic mass is 19.1. The number of hydrogen-bond acceptors (Lipinski definition) is 7. The highest BCUT2D eigenvalue weighted by molar-refractivity contribution is 5.82. The quantitative estimate of drug-likeness (QED) is 0.415. The molecule has 0 bridgehead atoms. The van der Waals surface area contributed by atoms with Gasteiger partial charge in [0.1, 0.15) is 17.2 Å². The van der Waals surface area contributed by atoms with E-state index in [9.17, 15) is 9.65 Å². The summed E-state index contributed by atoms with van der Waals surface area (Å²) in [5, 5.41) is 14.0. The molecule has 0 amide bonds. The minimum absolute atomic E-state index is 0.128. The van der Waals surface area contributed by atoms with Crippen LogP contribution in [0.4, 0.5) is 10.2 Å². The average Bonchev–Trinajstić information content (AvgIpc) is 3.47. The van der Waals surface area contributed by atoms with Crippen molar-refractivity contribution in [1.82, 2.24) is 24.6 Å². The van der Waals surface area contributed by atoms with E-state index in [1.54, 1.807) is 43.3 Å². The van der Waals surface area contributed by atoms with Crippen LogP contribution in [-0.2, 0) is 6.42 Å². The number of nitriles is 1. The molecule has 166 valence electrons. The Labute approximate surface area is 193 Å². The molecule has 0 saturated carbocycles. The van der Waals surface area contributed by atoms with Crippen LogP contribution >= 0.6 is 0 Å². The number of nitrogens with two attached hydrogens (primary N) is 1. The first-order chi connectivity index (χ1) is 16.5. The molecule has 0 aliphatic heterocycles. The summed E-state index contributed by atoms with van der Waals surface area (Å²) in [6, 6.07) is 13.9. The van der Waals surface area contributed by atoms with Gasteiger partial charge in [0.25, 0.3) is 0 Å². The molecular weight excluding hydrogens is 433 g/mol. The SMILES string of the molecule is C=Cc1cccc(F)c1Cc1nc2c(N)nc(-c3cccc(C#N)c3)c(-c3ocnc3C)n2n1. The molecule has 3 heterocycles. The first kappa shape index (κ1) is 21.0. The molecular formula is C25H18FN7O. The number of hydrogen-bond donors (Lipinski definition) is 1. The van der Waals surface area contributed by atoms with Gasteiger partial charge in [0.15, 0.2) is 29.4 Å². The van der Waals surface area contributed by atoms with E-state index in [1.807, 2.05) is 6.07 Å². The maximum absolute atomic E-state index is 14.6. The van der Waals surface area contributed by atoms with E-state index in [4.69, 9.17) is 10.2 Å². The third-order valence-electron chi connectivity index (χ3n) is 5.48. The van der Waals surface area contributed by atoms with E-state index in [2.05, 4.69) is 32.7 Å². The maximum Gasteiger partial charge on any atom is 0.199 e. The van der Waals surface area contributed by atoms with Crippen LogP contribution < -0.4 is 5.73 Å². The van der Waals surface area contributed by atoms with Crippen LogP contribution in [0.2, 0.25) is 0 Å². The van der Waals surface area contributed by atoms with E-state index in [0.717, 1.165) is 0 Å². The molecule has 8 nitrogen and oxygen atoms in total. The lowest BCUT2D eigenvalue weighted by molar-refractivity contribution is 0.566. The van der Waals surface area contributed by atoms with Crippen molar-refractivity contribution in [1.29, 1.82) is 5.26 Å². The Kier molecular flexibility index (Phi) is 5.11. The van der Waals surface area contributed by atoms with Gasteiger partial charge in [-0.1, -0.05) is 36.9 Å². The van der Waals surface area contributed by atoms with Gasteiger partial charge in [-0.05, 0) is 30.7 Å². The second-order valence-corrected chi connectivity index (χ2v) is 7.61. The summed E-state index contributed by atoms with van der Waals surface area (Å²) in [6.07, 6.45) is 3.05. The zero-order valence-corrected chi connectivity index (χ0v) is 18.2. The van der Waals surface area contributed by atoms with Crippen molar-refractivity contribution in [3.63, 3.8) is 0 Å². The predicted octanol–water partition coefficient (Wildman–Crippen LogP) is 4.58. The topological polar surface area (TPSA) is 119 Å². The van der Waals surface area contributed by atoms with Crippen LogP contribution in [0.25, 0.3) is 34.4 Å². The van der Waals surface area contributed by atoms with Crippen LogP contribution in [0.15, 0.2) is 59.9 Å². The molecule has 0 saturated heterocycles. The van der Waals surface area contributed by atoms with Crippen LogP contribution in [0, 0.1) is 24.1 Å². The molecule has 34 heavy (non-hydrogen) atoms. The number of nitrogens with zero attached hydrogens (tertiary/aromatic N) is 6. The van der Waals surface area contributed by atoms with Crippen LogP contribution in [-0.4, -0.2) is 24.6 Å². The Balaban J connectivity index is 1.76. The average molecular weight is 451 g/mol. The van der Waals surface area contributed by atoms with Crippen molar-refractivity contribution in [2.75, 3.05) is 5.73 Å². The highest BCUT2D eigenvalue weighted by Crippen LogP contribution is 2.34. The van der Waals surface area contributed by atoms with Gasteiger partial charge in [0.2, 0.25) is 0 Å². The van der Waals surface area contributed by atoms with Gasteiger partial charge < -0.3 is 10.2 Å². The zero-order chi connectivity index (χ0) is 23.8. The molecule has 2 N–H and O–H groups in total. The molecule has 0 aliphatic carbocycles. The van der Waals surface area contributed by atoms with Gasteiger partial charge >= 0.3 is 0 Å². The monoisotopic (exact) mass is 451 g/mol. The summed E-state index contributed by atoms with van der Waals surface area (Å²) >= 11 is 0. The fourth-order valence-electron chi connectivity index (χ4n) is 3.86. The third-order valence-corrected chi connectivity index (χ3v) is 5.48. The Morgan fingerprint density at radius 3 is 2.79 bits per heavy atom. The lowest BCUT2D eigenvalue weighted by atomic mass is 10.0. The van der Waals surface area contributed by atoms with E-state index in [1.165, 1.54) is 17.0 Å². The second-order valence-electron chi connectivity index (χ2n) is 7.61. The Morgan fingerprint density at radius 1 is 1.24 bits per heavy atom. The van der Waals surface area contributed by atoms with Crippen molar-refractivity contribution in [3.05, 3.63) is 89.5 Å². The normalized spacial score (nSPS) is 11.0. The Bertz CT molecular complexity index is 1610. The number of benzene rings is 2. The van der Waals surface area contributed by atoms with Crippen molar-refractivity contribution in [3.8, 4) is 28.8 Å². The molecule has 0 aliphatic rings. The van der Waals surface area contributed by atoms with E-state index in [-0.39, 0.29) is 18.1 Å². The molecule has 0 spiro atoms. The molecule has 5 rings (SSSR count). The Morgan fingerprint density at radius 2 is 2.06 bits per heavy atom. The lowest BCUT2D eigenvalue weighted by Gasteiger charge is -2.11. The van der Waals surface area contributed by atoms with Gasteiger partial charge in [0.05, 0.1) is 17.3 Å². The minimum atomic E-state index is -0.373. The molecule has 9 heteroatoms. The zero-order valence-electron chi connectivity index (χ0n) is 18.2. The number of oxazole rings is 1. The molecule has 0 radical (unpaired) electrons. The molecule has 2 aromatic carbocycles. The fraction of sp³-hybridized carbons (Fsp3) is 0.0800. The summed E-state index contributed by atoms with van der Waals surface area (Å²) < 4.78 is 21.8. The Hall–Kier alpha value is -4.84. The number of aryl methyl sites for hydroxylation is 1. The van der Waals surface area contributed by atoms with E-state index >= 15 is 0 Å². The van der Waals surface area contributed by atoms with Crippen LogP contribution in [0.3, 0.4) is 0 Å². The number of nitrogen functional groups attached to an aromatic ring is 1. The van der Waals surface area contributed by atoms with Crippen LogP contribution in [0.1, 0.15) is 28.2 Å². The van der Waals surface area contributed by atoms with Crippen molar-refractivity contribution < 1.29 is 8.81 Å². The summed E-state index contributed by atoms with van der Waals surface area (Å²) in [4.78, 5) is 13.3. The maximum atomic E-state index is 14.6.